The number of alkyl halides is 4. The Balaban J connectivity index is 0.000000161. The van der Waals surface area contributed by atoms with E-state index >= 15 is 0 Å². The van der Waals surface area contributed by atoms with Crippen LogP contribution in [0.2, 0.25) is 0 Å². The summed E-state index contributed by atoms with van der Waals surface area (Å²) >= 11 is 0. The third-order valence-corrected chi connectivity index (χ3v) is 5.59. The predicted molar refractivity (Wildman–Crippen MR) is 95.8 cm³/mol. The van der Waals surface area contributed by atoms with Gasteiger partial charge in [-0.2, -0.15) is 0 Å². The highest BCUT2D eigenvalue weighted by atomic mass is 19.3. The average Bonchev–Trinajstić information content (AvgIpc) is 2.89. The Morgan fingerprint density at radius 3 is 1.32 bits per heavy atom. The summed E-state index contributed by atoms with van der Waals surface area (Å²) < 4.78 is 80.6. The molecule has 0 fully saturated rings. The second kappa shape index (κ2) is 6.82. The van der Waals surface area contributed by atoms with Gasteiger partial charge in [0.15, 0.2) is 0 Å². The average molecular weight is 400 g/mol. The summed E-state index contributed by atoms with van der Waals surface area (Å²) in [5.74, 6) is -9.15. The Morgan fingerprint density at radius 1 is 0.679 bits per heavy atom. The van der Waals surface area contributed by atoms with Crippen molar-refractivity contribution in [3.63, 3.8) is 0 Å². The van der Waals surface area contributed by atoms with E-state index in [2.05, 4.69) is 0 Å². The first kappa shape index (κ1) is 20.7. The molecule has 0 radical (unpaired) electrons. The van der Waals surface area contributed by atoms with Crippen LogP contribution in [-0.4, -0.2) is 0 Å². The van der Waals surface area contributed by atoms with Crippen molar-refractivity contribution in [2.45, 2.75) is 52.4 Å². The fourth-order valence-electron chi connectivity index (χ4n) is 4.11. The summed E-state index contributed by atoms with van der Waals surface area (Å²) in [7, 11) is 0. The van der Waals surface area contributed by atoms with Gasteiger partial charge in [-0.15, -0.1) is 0 Å². The third kappa shape index (κ3) is 3.31. The Morgan fingerprint density at radius 2 is 1.00 bits per heavy atom. The molecule has 2 aromatic rings. The van der Waals surface area contributed by atoms with E-state index in [-0.39, 0.29) is 12.8 Å². The van der Waals surface area contributed by atoms with Gasteiger partial charge in [0.1, 0.15) is 11.6 Å². The zero-order chi connectivity index (χ0) is 21.0. The summed E-state index contributed by atoms with van der Waals surface area (Å²) in [4.78, 5) is 0. The SMILES string of the molecule is Cc1cc(F)c2c(c1)CC(C)C2(F)F.Cc1cc(F)c2c(c1)CC(C)C2(F)F. The smallest absolute Gasteiger partial charge is 0.206 e. The Bertz CT molecular complexity index is 840. The second-order valence-corrected chi connectivity index (χ2v) is 8.02. The normalized spacial score (nSPS) is 23.6. The summed E-state index contributed by atoms with van der Waals surface area (Å²) in [6.45, 7) is 6.33. The molecule has 0 amide bonds. The van der Waals surface area contributed by atoms with Gasteiger partial charge in [-0.3, -0.25) is 0 Å². The lowest BCUT2D eigenvalue weighted by molar-refractivity contribution is -0.0481. The van der Waals surface area contributed by atoms with E-state index in [1.807, 2.05) is 0 Å². The maximum atomic E-state index is 13.5. The van der Waals surface area contributed by atoms with Crippen molar-refractivity contribution in [1.29, 1.82) is 0 Å². The minimum atomic E-state index is -3.01. The van der Waals surface area contributed by atoms with E-state index in [9.17, 15) is 26.3 Å². The van der Waals surface area contributed by atoms with Gasteiger partial charge in [0, 0.05) is 11.8 Å². The summed E-state index contributed by atoms with van der Waals surface area (Å²) in [6, 6.07) is 5.64. The van der Waals surface area contributed by atoms with Crippen molar-refractivity contribution in [1.82, 2.24) is 0 Å². The fourth-order valence-corrected chi connectivity index (χ4v) is 4.11. The monoisotopic (exact) mass is 400 g/mol. The van der Waals surface area contributed by atoms with Crippen LogP contribution in [-0.2, 0) is 24.7 Å². The van der Waals surface area contributed by atoms with E-state index in [1.165, 1.54) is 26.0 Å². The molecule has 6 heteroatoms. The van der Waals surface area contributed by atoms with Gasteiger partial charge >= 0.3 is 0 Å². The Labute approximate surface area is 160 Å². The standard InChI is InChI=1S/2C11H11F3/c2*1-6-3-8-5-7(2)11(13,14)10(8)9(12)4-6/h2*3-4,7H,5H2,1-2H3. The molecule has 0 spiro atoms. The molecule has 2 aliphatic rings. The zero-order valence-electron chi connectivity index (χ0n) is 16.1. The molecule has 152 valence electrons. The molecular weight excluding hydrogens is 378 g/mol. The molecule has 2 aromatic carbocycles. The van der Waals surface area contributed by atoms with Crippen molar-refractivity contribution in [2.75, 3.05) is 0 Å². The third-order valence-electron chi connectivity index (χ3n) is 5.59. The quantitative estimate of drug-likeness (QED) is 0.425. The molecule has 0 N–H and O–H groups in total. The molecule has 4 rings (SSSR count). The molecule has 0 heterocycles. The molecular formula is C22H22F6. The first-order chi connectivity index (χ1) is 12.9. The number of hydrogen-bond donors (Lipinski definition) is 0. The molecule has 0 saturated heterocycles. The number of benzene rings is 2. The van der Waals surface area contributed by atoms with E-state index in [4.69, 9.17) is 0 Å². The molecule has 0 aliphatic heterocycles. The van der Waals surface area contributed by atoms with Crippen LogP contribution in [0, 0.1) is 37.3 Å². The van der Waals surface area contributed by atoms with Gasteiger partial charge in [0.25, 0.3) is 11.8 Å². The van der Waals surface area contributed by atoms with Crippen molar-refractivity contribution >= 4 is 0 Å². The lowest BCUT2D eigenvalue weighted by Gasteiger charge is -2.15. The topological polar surface area (TPSA) is 0 Å². The predicted octanol–water partition coefficient (Wildman–Crippen LogP) is 6.84. The van der Waals surface area contributed by atoms with Crippen molar-refractivity contribution < 1.29 is 26.3 Å². The van der Waals surface area contributed by atoms with Gasteiger partial charge in [-0.1, -0.05) is 26.0 Å². The van der Waals surface area contributed by atoms with Crippen LogP contribution in [0.4, 0.5) is 26.3 Å². The summed E-state index contributed by atoms with van der Waals surface area (Å²) in [5.41, 5.74) is 1.53. The van der Waals surface area contributed by atoms with Gasteiger partial charge in [-0.25, -0.2) is 26.3 Å². The van der Waals surface area contributed by atoms with Crippen LogP contribution >= 0.6 is 0 Å². The van der Waals surface area contributed by atoms with E-state index in [0.717, 1.165) is 0 Å². The molecule has 0 bridgehead atoms. The molecule has 28 heavy (non-hydrogen) atoms. The maximum Gasteiger partial charge on any atom is 0.279 e. The number of fused-ring (bicyclic) bond motifs is 2. The highest BCUT2D eigenvalue weighted by Crippen LogP contribution is 2.48. The Kier molecular flexibility index (Phi) is 5.05. The lowest BCUT2D eigenvalue weighted by Crippen LogP contribution is -2.18. The van der Waals surface area contributed by atoms with Gasteiger partial charge in [-0.05, 0) is 61.1 Å². The highest BCUT2D eigenvalue weighted by Gasteiger charge is 2.48. The van der Waals surface area contributed by atoms with Gasteiger partial charge < -0.3 is 0 Å². The van der Waals surface area contributed by atoms with Crippen LogP contribution < -0.4 is 0 Å². The Hall–Kier alpha value is -1.98. The highest BCUT2D eigenvalue weighted by molar-refractivity contribution is 5.41. The van der Waals surface area contributed by atoms with Crippen LogP contribution in [0.25, 0.3) is 0 Å². The van der Waals surface area contributed by atoms with Crippen LogP contribution in [0.1, 0.15) is 47.2 Å². The number of hydrogen-bond acceptors (Lipinski definition) is 0. The van der Waals surface area contributed by atoms with Crippen LogP contribution in [0.15, 0.2) is 24.3 Å². The largest absolute Gasteiger partial charge is 0.279 e. The van der Waals surface area contributed by atoms with E-state index in [0.29, 0.717) is 22.3 Å². The molecule has 2 aliphatic carbocycles. The van der Waals surface area contributed by atoms with Gasteiger partial charge in [0.05, 0.1) is 11.1 Å². The zero-order valence-corrected chi connectivity index (χ0v) is 16.1. The second-order valence-electron chi connectivity index (χ2n) is 8.02. The lowest BCUT2D eigenvalue weighted by atomic mass is 10.0. The van der Waals surface area contributed by atoms with Crippen LogP contribution in [0.5, 0.6) is 0 Å². The van der Waals surface area contributed by atoms with Crippen molar-refractivity contribution in [2.24, 2.45) is 11.8 Å². The molecule has 2 atom stereocenters. The molecule has 0 nitrogen and oxygen atoms in total. The first-order valence-corrected chi connectivity index (χ1v) is 9.20. The first-order valence-electron chi connectivity index (χ1n) is 9.20. The number of aryl methyl sites for hydroxylation is 2. The minimum Gasteiger partial charge on any atom is -0.206 e. The maximum absolute atomic E-state index is 13.5. The van der Waals surface area contributed by atoms with Crippen molar-refractivity contribution in [3.05, 3.63) is 69.3 Å². The van der Waals surface area contributed by atoms with Crippen molar-refractivity contribution in [3.8, 4) is 0 Å². The van der Waals surface area contributed by atoms with Gasteiger partial charge in [0.2, 0.25) is 0 Å². The van der Waals surface area contributed by atoms with E-state index in [1.54, 1.807) is 26.0 Å². The molecule has 0 aromatic heterocycles. The van der Waals surface area contributed by atoms with Crippen LogP contribution in [0.3, 0.4) is 0 Å². The summed E-state index contributed by atoms with van der Waals surface area (Å²) in [5, 5.41) is 0. The minimum absolute atomic E-state index is 0.265. The molecule has 0 saturated carbocycles. The summed E-state index contributed by atoms with van der Waals surface area (Å²) in [6.07, 6.45) is 0.530. The number of rotatable bonds is 0. The molecule has 2 unspecified atom stereocenters. The van der Waals surface area contributed by atoms with E-state index < -0.39 is 46.4 Å². The fraction of sp³-hybridized carbons (Fsp3) is 0.455. The number of halogens is 6.